The van der Waals surface area contributed by atoms with Crippen molar-refractivity contribution >= 4 is 40.3 Å². The summed E-state index contributed by atoms with van der Waals surface area (Å²) in [7, 11) is 1.27. The van der Waals surface area contributed by atoms with Crippen molar-refractivity contribution in [2.45, 2.75) is 40.3 Å². The van der Waals surface area contributed by atoms with Gasteiger partial charge in [0.2, 0.25) is 0 Å². The zero-order chi connectivity index (χ0) is 35.5. The lowest BCUT2D eigenvalue weighted by atomic mass is 9.95. The highest BCUT2D eigenvalue weighted by molar-refractivity contribution is 7.07. The molecule has 12 heteroatoms. The molecule has 50 heavy (non-hydrogen) atoms. The first-order valence-electron chi connectivity index (χ1n) is 16.1. The maximum Gasteiger partial charge on any atom is 0.343 e. The van der Waals surface area contributed by atoms with E-state index in [2.05, 4.69) is 4.57 Å². The van der Waals surface area contributed by atoms with Gasteiger partial charge < -0.3 is 23.5 Å². The van der Waals surface area contributed by atoms with Crippen LogP contribution in [0.15, 0.2) is 87.8 Å². The molecule has 0 N–H and O–H groups in total. The maximum absolute atomic E-state index is 14.5. The molecule has 2 aromatic heterocycles. The number of ether oxygens (including phenoxy) is 4. The van der Waals surface area contributed by atoms with E-state index in [1.807, 2.05) is 44.2 Å². The number of para-hydroxylation sites is 1. The van der Waals surface area contributed by atoms with Crippen LogP contribution in [0.2, 0.25) is 0 Å². The molecule has 0 fully saturated rings. The number of rotatable bonds is 11. The number of fused-ring (bicyclic) bond motifs is 2. The third-order valence-corrected chi connectivity index (χ3v) is 9.47. The Bertz CT molecular complexity index is 2320. The first-order chi connectivity index (χ1) is 24.1. The molecule has 0 saturated heterocycles. The van der Waals surface area contributed by atoms with E-state index >= 15 is 0 Å². The minimum Gasteiger partial charge on any atom is -0.490 e. The number of nitrogens with zero attached hydrogens (tertiary/aromatic N) is 3. The second-order valence-corrected chi connectivity index (χ2v) is 12.5. The molecule has 0 spiro atoms. The molecule has 5 aromatic rings. The quantitative estimate of drug-likeness (QED) is 0.175. The Balaban J connectivity index is 1.51. The summed E-state index contributed by atoms with van der Waals surface area (Å²) in [6.07, 6.45) is 1.87. The lowest BCUT2D eigenvalue weighted by Gasteiger charge is -2.25. The van der Waals surface area contributed by atoms with Gasteiger partial charge in [0.05, 0.1) is 42.2 Å². The number of aromatic nitrogens is 2. The molecule has 0 bridgehead atoms. The molecular weight excluding hydrogens is 661 g/mol. The zero-order valence-corrected chi connectivity index (χ0v) is 29.1. The van der Waals surface area contributed by atoms with Gasteiger partial charge in [0, 0.05) is 28.7 Å². The van der Waals surface area contributed by atoms with Gasteiger partial charge in [-0.1, -0.05) is 47.7 Å². The number of methoxy groups -OCH3 is 1. The van der Waals surface area contributed by atoms with E-state index in [0.717, 1.165) is 27.7 Å². The van der Waals surface area contributed by atoms with Crippen molar-refractivity contribution in [3.63, 3.8) is 0 Å². The molecule has 6 rings (SSSR count). The van der Waals surface area contributed by atoms with E-state index in [0.29, 0.717) is 45.2 Å². The lowest BCUT2D eigenvalue weighted by molar-refractivity contribution is -0.143. The third-order valence-electron chi connectivity index (χ3n) is 8.48. The number of benzene rings is 3. The van der Waals surface area contributed by atoms with Gasteiger partial charge in [-0.3, -0.25) is 9.36 Å². The molecule has 1 aliphatic rings. The molecule has 0 unspecified atom stereocenters. The number of esters is 2. The second-order valence-electron chi connectivity index (χ2n) is 11.5. The highest BCUT2D eigenvalue weighted by Crippen LogP contribution is 2.36. The number of allylic oxidation sites excluding steroid dienone is 1. The Labute approximate surface area is 291 Å². The highest BCUT2D eigenvalue weighted by Gasteiger charge is 2.34. The molecule has 3 heterocycles. The molecule has 0 aliphatic carbocycles. The summed E-state index contributed by atoms with van der Waals surface area (Å²) < 4.78 is 39.4. The predicted molar refractivity (Wildman–Crippen MR) is 188 cm³/mol. The zero-order valence-electron chi connectivity index (χ0n) is 28.3. The van der Waals surface area contributed by atoms with Gasteiger partial charge in [0.1, 0.15) is 5.82 Å². The SMILES string of the molecule is CCOC(=O)C1=C(C)N=c2s/c(=C/c3c(C)n(Cc4ccc(F)cc4)c4ccccc34)c(=O)n2[C@H]1c1ccc(OCC(=O)OC)c(OCC)c1. The fraction of sp³-hybridized carbons (Fsp3) is 0.263. The Hall–Kier alpha value is -5.49. The maximum atomic E-state index is 14.5. The molecule has 258 valence electrons. The van der Waals surface area contributed by atoms with E-state index < -0.39 is 18.0 Å². The van der Waals surface area contributed by atoms with Crippen LogP contribution in [0.3, 0.4) is 0 Å². The van der Waals surface area contributed by atoms with Crippen LogP contribution in [0.25, 0.3) is 17.0 Å². The van der Waals surface area contributed by atoms with Gasteiger partial charge in [0.25, 0.3) is 5.56 Å². The number of hydrogen-bond acceptors (Lipinski definition) is 9. The molecule has 10 nitrogen and oxygen atoms in total. The second kappa shape index (κ2) is 14.6. The number of carbonyl (C=O) groups is 2. The van der Waals surface area contributed by atoms with Crippen molar-refractivity contribution in [2.75, 3.05) is 26.9 Å². The largest absolute Gasteiger partial charge is 0.490 e. The van der Waals surface area contributed by atoms with Crippen LogP contribution in [0.1, 0.15) is 49.2 Å². The summed E-state index contributed by atoms with van der Waals surface area (Å²) in [6.45, 7) is 7.88. The third kappa shape index (κ3) is 6.58. The topological polar surface area (TPSA) is 110 Å². The van der Waals surface area contributed by atoms with Gasteiger partial charge in [-0.05, 0) is 75.2 Å². The Morgan fingerprint density at radius 3 is 2.46 bits per heavy atom. The van der Waals surface area contributed by atoms with Gasteiger partial charge in [-0.15, -0.1) is 0 Å². The Kier molecular flexibility index (Phi) is 10.0. The minimum atomic E-state index is -0.887. The fourth-order valence-corrected chi connectivity index (χ4v) is 7.16. The van der Waals surface area contributed by atoms with Crippen molar-refractivity contribution in [2.24, 2.45) is 4.99 Å². The van der Waals surface area contributed by atoms with Crippen molar-refractivity contribution in [3.8, 4) is 11.5 Å². The van der Waals surface area contributed by atoms with E-state index in [9.17, 15) is 18.8 Å². The van der Waals surface area contributed by atoms with E-state index in [-0.39, 0.29) is 30.2 Å². The van der Waals surface area contributed by atoms with Crippen molar-refractivity contribution < 1.29 is 32.9 Å². The molecule has 0 saturated carbocycles. The number of halogens is 1. The van der Waals surface area contributed by atoms with Crippen LogP contribution < -0.4 is 24.4 Å². The summed E-state index contributed by atoms with van der Waals surface area (Å²) in [5, 5.41) is 0.960. The molecule has 0 amide bonds. The van der Waals surface area contributed by atoms with Crippen LogP contribution in [0.4, 0.5) is 4.39 Å². The summed E-state index contributed by atoms with van der Waals surface area (Å²) >= 11 is 1.23. The number of hydrogen-bond donors (Lipinski definition) is 0. The summed E-state index contributed by atoms with van der Waals surface area (Å²) in [4.78, 5) is 44.8. The summed E-state index contributed by atoms with van der Waals surface area (Å²) in [5.74, 6) is -0.800. The van der Waals surface area contributed by atoms with E-state index in [1.165, 1.54) is 35.1 Å². The van der Waals surface area contributed by atoms with Gasteiger partial charge in [-0.2, -0.15) is 0 Å². The van der Waals surface area contributed by atoms with E-state index in [1.54, 1.807) is 44.2 Å². The van der Waals surface area contributed by atoms with Gasteiger partial charge in [0.15, 0.2) is 22.9 Å². The Morgan fingerprint density at radius 1 is 0.980 bits per heavy atom. The monoisotopic (exact) mass is 697 g/mol. The lowest BCUT2D eigenvalue weighted by Crippen LogP contribution is -2.40. The molecular formula is C38H36FN3O7S. The van der Waals surface area contributed by atoms with Gasteiger partial charge >= 0.3 is 11.9 Å². The standard InChI is InChI=1S/C38H36FN3O7S/c1-6-47-31-18-25(14-17-30(31)49-21-33(43)46-5)35-34(37(45)48-7-2)22(3)40-38-42(35)36(44)32(50-38)19-28-23(4)41(29-11-9-8-10-27(28)29)20-24-12-15-26(39)16-13-24/h8-19,35H,6-7,20-21H2,1-5H3/b32-19+/t35-/m0/s1. The van der Waals surface area contributed by atoms with Crippen molar-refractivity contribution in [1.29, 1.82) is 0 Å². The summed E-state index contributed by atoms with van der Waals surface area (Å²) in [6, 6.07) is 18.5. The Morgan fingerprint density at radius 2 is 1.74 bits per heavy atom. The molecule has 3 aromatic carbocycles. The average Bonchev–Trinajstić information content (AvgIpc) is 3.56. The normalized spacial score (nSPS) is 14.4. The number of thiazole rings is 1. The van der Waals surface area contributed by atoms with E-state index in [4.69, 9.17) is 23.9 Å². The first kappa shape index (κ1) is 34.4. The van der Waals surface area contributed by atoms with Crippen LogP contribution in [0.5, 0.6) is 11.5 Å². The van der Waals surface area contributed by atoms with Crippen LogP contribution >= 0.6 is 11.3 Å². The van der Waals surface area contributed by atoms with Crippen LogP contribution in [-0.4, -0.2) is 48.0 Å². The predicted octanol–water partition coefficient (Wildman–Crippen LogP) is 5.20. The molecule has 1 aliphatic heterocycles. The average molecular weight is 698 g/mol. The number of carbonyl (C=O) groups excluding carboxylic acids is 2. The smallest absolute Gasteiger partial charge is 0.343 e. The minimum absolute atomic E-state index is 0.137. The fourth-order valence-electron chi connectivity index (χ4n) is 6.13. The van der Waals surface area contributed by atoms with Crippen LogP contribution in [-0.2, 0) is 25.6 Å². The van der Waals surface area contributed by atoms with Crippen molar-refractivity contribution in [3.05, 3.63) is 126 Å². The first-order valence-corrected chi connectivity index (χ1v) is 16.9. The van der Waals surface area contributed by atoms with Crippen molar-refractivity contribution in [1.82, 2.24) is 9.13 Å². The van der Waals surface area contributed by atoms with Gasteiger partial charge in [-0.25, -0.2) is 19.0 Å². The molecule has 0 radical (unpaired) electrons. The highest BCUT2D eigenvalue weighted by atomic mass is 32.1. The van der Waals surface area contributed by atoms with Crippen LogP contribution in [0, 0.1) is 12.7 Å². The summed E-state index contributed by atoms with van der Waals surface area (Å²) in [5.41, 5.74) is 4.62. The molecule has 1 atom stereocenters.